The number of amides is 1. The van der Waals surface area contributed by atoms with E-state index in [9.17, 15) is 9.59 Å². The molecule has 0 saturated carbocycles. The number of carbonyl (C=O) groups excluding carboxylic acids is 1. The number of nitrogens with zero attached hydrogens (tertiary/aromatic N) is 4. The number of pyridine rings is 1. The minimum absolute atomic E-state index is 0.187. The molecule has 3 aromatic rings. The summed E-state index contributed by atoms with van der Waals surface area (Å²) in [6, 6.07) is 11.0. The molecule has 0 unspecified atom stereocenters. The van der Waals surface area contributed by atoms with Crippen LogP contribution in [0.3, 0.4) is 0 Å². The molecule has 1 aliphatic rings. The predicted molar refractivity (Wildman–Crippen MR) is 129 cm³/mol. The third-order valence-corrected chi connectivity index (χ3v) is 6.14. The number of H-pyrrole nitrogens is 1. The number of carbonyl (C=O) groups is 1. The minimum Gasteiger partial charge on any atom is -0.366 e. The van der Waals surface area contributed by atoms with E-state index in [-0.39, 0.29) is 5.56 Å². The molecule has 4 rings (SSSR count). The van der Waals surface area contributed by atoms with Gasteiger partial charge in [0, 0.05) is 50.0 Å². The van der Waals surface area contributed by atoms with Crippen molar-refractivity contribution in [2.75, 3.05) is 42.9 Å². The lowest BCUT2D eigenvalue weighted by Gasteiger charge is -2.34. The van der Waals surface area contributed by atoms with Crippen molar-refractivity contribution in [1.82, 2.24) is 20.1 Å². The second-order valence-corrected chi connectivity index (χ2v) is 8.14. The van der Waals surface area contributed by atoms with Crippen LogP contribution in [0.25, 0.3) is 11.1 Å². The van der Waals surface area contributed by atoms with Crippen molar-refractivity contribution in [3.05, 3.63) is 69.6 Å². The summed E-state index contributed by atoms with van der Waals surface area (Å²) < 4.78 is 0. The number of aromatic nitrogens is 3. The van der Waals surface area contributed by atoms with Crippen LogP contribution >= 0.6 is 0 Å². The summed E-state index contributed by atoms with van der Waals surface area (Å²) in [4.78, 5) is 31.5. The van der Waals surface area contributed by atoms with Gasteiger partial charge in [-0.05, 0) is 54.4 Å². The van der Waals surface area contributed by atoms with E-state index in [4.69, 9.17) is 5.73 Å². The smallest absolute Gasteiger partial charge is 0.252 e. The number of hydrogen-bond donors (Lipinski definition) is 3. The number of rotatable bonds is 7. The first-order chi connectivity index (χ1) is 16.0. The van der Waals surface area contributed by atoms with Gasteiger partial charge in [0.25, 0.3) is 5.56 Å². The number of anilines is 2. The lowest BCUT2D eigenvalue weighted by atomic mass is 9.96. The first-order valence-corrected chi connectivity index (χ1v) is 11.1. The summed E-state index contributed by atoms with van der Waals surface area (Å²) >= 11 is 0. The largest absolute Gasteiger partial charge is 0.366 e. The molecule has 1 aliphatic heterocycles. The minimum atomic E-state index is -0.477. The average Bonchev–Trinajstić information content (AvgIpc) is 2.84. The highest BCUT2D eigenvalue weighted by Gasteiger charge is 2.17. The number of aromatic amines is 1. The quantitative estimate of drug-likeness (QED) is 0.507. The summed E-state index contributed by atoms with van der Waals surface area (Å²) in [5, 5.41) is 11.8. The lowest BCUT2D eigenvalue weighted by Crippen LogP contribution is -2.46. The van der Waals surface area contributed by atoms with Crippen LogP contribution in [0.4, 0.5) is 11.6 Å². The van der Waals surface area contributed by atoms with Gasteiger partial charge in [0.05, 0.1) is 0 Å². The van der Waals surface area contributed by atoms with E-state index in [0.29, 0.717) is 23.5 Å². The Kier molecular flexibility index (Phi) is 6.69. The van der Waals surface area contributed by atoms with E-state index in [1.807, 2.05) is 31.2 Å². The maximum Gasteiger partial charge on any atom is 0.252 e. The molecule has 2 aromatic heterocycles. The van der Waals surface area contributed by atoms with Crippen molar-refractivity contribution in [3.63, 3.8) is 0 Å². The molecule has 1 amide bonds. The monoisotopic (exact) mass is 447 g/mol. The van der Waals surface area contributed by atoms with Crippen LogP contribution in [0.5, 0.6) is 0 Å². The topological polar surface area (TPSA) is 120 Å². The molecule has 4 N–H and O–H groups in total. The summed E-state index contributed by atoms with van der Waals surface area (Å²) in [6.07, 6.45) is 1.64. The van der Waals surface area contributed by atoms with Crippen molar-refractivity contribution in [2.24, 2.45) is 5.73 Å². The van der Waals surface area contributed by atoms with E-state index in [1.165, 1.54) is 0 Å². The molecule has 9 nitrogen and oxygen atoms in total. The number of nitrogens with one attached hydrogen (secondary N) is 2. The SMILES string of the molecule is CCN1CCN(c2ccc(NCc3cc(-c4cccc(C(N)=O)c4C)c[nH]c3=O)nn2)CC1. The predicted octanol–water partition coefficient (Wildman–Crippen LogP) is 1.99. The molecule has 172 valence electrons. The highest BCUT2D eigenvalue weighted by Crippen LogP contribution is 2.25. The Bertz CT molecular complexity index is 1180. The van der Waals surface area contributed by atoms with Crippen molar-refractivity contribution in [3.8, 4) is 11.1 Å². The molecule has 0 bridgehead atoms. The average molecular weight is 448 g/mol. The molecule has 0 spiro atoms. The zero-order valence-corrected chi connectivity index (χ0v) is 19.0. The number of nitrogens with two attached hydrogens (primary N) is 1. The summed E-state index contributed by atoms with van der Waals surface area (Å²) in [5.74, 6) is 0.985. The fourth-order valence-electron chi connectivity index (χ4n) is 4.10. The molecular formula is C24H29N7O2. The molecule has 0 aliphatic carbocycles. The molecule has 1 fully saturated rings. The third-order valence-electron chi connectivity index (χ3n) is 6.14. The van der Waals surface area contributed by atoms with Crippen LogP contribution in [0.2, 0.25) is 0 Å². The first kappa shape index (κ1) is 22.5. The van der Waals surface area contributed by atoms with Crippen molar-refractivity contribution >= 4 is 17.5 Å². The van der Waals surface area contributed by atoms with Gasteiger partial charge in [-0.25, -0.2) is 0 Å². The molecule has 9 heteroatoms. The zero-order valence-electron chi connectivity index (χ0n) is 19.0. The Balaban J connectivity index is 1.46. The second-order valence-electron chi connectivity index (χ2n) is 8.14. The summed E-state index contributed by atoms with van der Waals surface area (Å²) in [6.45, 7) is 9.31. The van der Waals surface area contributed by atoms with Gasteiger partial charge >= 0.3 is 0 Å². The molecule has 1 aromatic carbocycles. The van der Waals surface area contributed by atoms with Crippen LogP contribution in [-0.4, -0.2) is 58.7 Å². The Hall–Kier alpha value is -3.72. The Morgan fingerprint density at radius 1 is 1.15 bits per heavy atom. The Morgan fingerprint density at radius 2 is 1.94 bits per heavy atom. The van der Waals surface area contributed by atoms with Crippen LogP contribution in [0, 0.1) is 6.92 Å². The standard InChI is InChI=1S/C24H29N7O2/c1-3-30-9-11-31(12-10-30)22-8-7-21(28-29-22)26-15-18-13-17(14-27-24(18)33)19-5-4-6-20(16(19)2)23(25)32/h4-8,13-14H,3,9-12,15H2,1-2H3,(H2,25,32)(H,26,28)(H,27,33). The number of primary amides is 1. The van der Waals surface area contributed by atoms with Crippen molar-refractivity contribution in [1.29, 1.82) is 0 Å². The van der Waals surface area contributed by atoms with E-state index < -0.39 is 5.91 Å². The molecule has 0 radical (unpaired) electrons. The van der Waals surface area contributed by atoms with Gasteiger partial charge in [-0.15, -0.1) is 10.2 Å². The Morgan fingerprint density at radius 3 is 2.61 bits per heavy atom. The van der Waals surface area contributed by atoms with Gasteiger partial charge in [-0.2, -0.15) is 0 Å². The van der Waals surface area contributed by atoms with Gasteiger partial charge < -0.3 is 25.8 Å². The summed E-state index contributed by atoms with van der Waals surface area (Å²) in [5.41, 5.74) is 8.73. The van der Waals surface area contributed by atoms with E-state index in [2.05, 4.69) is 37.2 Å². The first-order valence-electron chi connectivity index (χ1n) is 11.1. The van der Waals surface area contributed by atoms with Crippen LogP contribution in [-0.2, 0) is 6.54 Å². The van der Waals surface area contributed by atoms with Gasteiger partial charge in [0.1, 0.15) is 5.82 Å². The van der Waals surface area contributed by atoms with E-state index in [1.54, 1.807) is 18.3 Å². The van der Waals surface area contributed by atoms with Gasteiger partial charge in [-0.1, -0.05) is 19.1 Å². The van der Waals surface area contributed by atoms with Crippen LogP contribution in [0.1, 0.15) is 28.4 Å². The highest BCUT2D eigenvalue weighted by atomic mass is 16.1. The second kappa shape index (κ2) is 9.83. The van der Waals surface area contributed by atoms with Crippen molar-refractivity contribution in [2.45, 2.75) is 20.4 Å². The maximum absolute atomic E-state index is 12.4. The number of likely N-dealkylation sites (N-methyl/N-ethyl adjacent to an activating group) is 1. The molecule has 0 atom stereocenters. The maximum atomic E-state index is 12.4. The fraction of sp³-hybridized carbons (Fsp3) is 0.333. The molecule has 1 saturated heterocycles. The number of piperazine rings is 1. The summed E-state index contributed by atoms with van der Waals surface area (Å²) in [7, 11) is 0. The number of hydrogen-bond acceptors (Lipinski definition) is 7. The van der Waals surface area contributed by atoms with Crippen LogP contribution < -0.4 is 21.5 Å². The van der Waals surface area contributed by atoms with Crippen molar-refractivity contribution < 1.29 is 4.79 Å². The van der Waals surface area contributed by atoms with Crippen LogP contribution in [0.15, 0.2) is 47.4 Å². The zero-order chi connectivity index (χ0) is 23.4. The number of benzene rings is 1. The normalized spacial score (nSPS) is 14.3. The fourth-order valence-corrected chi connectivity index (χ4v) is 4.10. The molecular weight excluding hydrogens is 418 g/mol. The lowest BCUT2D eigenvalue weighted by molar-refractivity contribution is 0.0999. The van der Waals surface area contributed by atoms with E-state index >= 15 is 0 Å². The molecule has 3 heterocycles. The van der Waals surface area contributed by atoms with Gasteiger partial charge in [-0.3, -0.25) is 9.59 Å². The van der Waals surface area contributed by atoms with E-state index in [0.717, 1.165) is 55.2 Å². The Labute approximate surface area is 192 Å². The third kappa shape index (κ3) is 5.04. The van der Waals surface area contributed by atoms with Gasteiger partial charge in [0.2, 0.25) is 5.91 Å². The molecule has 33 heavy (non-hydrogen) atoms. The highest BCUT2D eigenvalue weighted by molar-refractivity contribution is 5.96. The van der Waals surface area contributed by atoms with Gasteiger partial charge in [0.15, 0.2) is 5.82 Å².